The summed E-state index contributed by atoms with van der Waals surface area (Å²) in [5.74, 6) is 2.13. The van der Waals surface area contributed by atoms with Crippen LogP contribution < -0.4 is 10.6 Å². The van der Waals surface area contributed by atoms with Crippen molar-refractivity contribution in [2.75, 3.05) is 45.4 Å². The quantitative estimate of drug-likeness (QED) is 0.250. The first-order chi connectivity index (χ1) is 12.2. The van der Waals surface area contributed by atoms with Crippen LogP contribution in [0.5, 0.6) is 0 Å². The Morgan fingerprint density at radius 2 is 1.92 bits per heavy atom. The van der Waals surface area contributed by atoms with Crippen LogP contribution in [0.4, 0.5) is 0 Å². The van der Waals surface area contributed by atoms with Crippen LogP contribution in [0.1, 0.15) is 36.8 Å². The lowest BCUT2D eigenvalue weighted by Gasteiger charge is -2.39. The van der Waals surface area contributed by atoms with Gasteiger partial charge in [-0.25, -0.2) is 0 Å². The van der Waals surface area contributed by atoms with Crippen molar-refractivity contribution in [1.29, 1.82) is 0 Å². The van der Waals surface area contributed by atoms with Gasteiger partial charge in [0.05, 0.1) is 0 Å². The summed E-state index contributed by atoms with van der Waals surface area (Å²) in [5, 5.41) is 7.02. The van der Waals surface area contributed by atoms with Crippen molar-refractivity contribution in [2.24, 2.45) is 4.99 Å². The monoisotopic (exact) mass is 491 g/mol. The molecule has 1 aliphatic heterocycles. The molecular weight excluding hydrogens is 457 g/mol. The van der Waals surface area contributed by atoms with Gasteiger partial charge in [0, 0.05) is 38.8 Å². The van der Waals surface area contributed by atoms with E-state index in [0.717, 1.165) is 45.1 Å². The van der Waals surface area contributed by atoms with Crippen molar-refractivity contribution in [2.45, 2.75) is 38.0 Å². The Hall–Kier alpha value is -0.470. The van der Waals surface area contributed by atoms with Gasteiger partial charge < -0.3 is 15.4 Å². The third-order valence-electron chi connectivity index (χ3n) is 5.05. The number of halogens is 1. The van der Waals surface area contributed by atoms with E-state index in [1.165, 1.54) is 29.7 Å². The summed E-state index contributed by atoms with van der Waals surface area (Å²) in [7, 11) is 1.85. The summed E-state index contributed by atoms with van der Waals surface area (Å²) in [4.78, 5) is 4.40. The van der Waals surface area contributed by atoms with Crippen LogP contribution in [-0.4, -0.2) is 51.3 Å². The second-order valence-corrected chi connectivity index (χ2v) is 7.75. The van der Waals surface area contributed by atoms with Crippen molar-refractivity contribution >= 4 is 41.7 Å². The predicted molar refractivity (Wildman–Crippen MR) is 125 cm³/mol. The van der Waals surface area contributed by atoms with E-state index in [9.17, 15) is 0 Å². The van der Waals surface area contributed by atoms with Gasteiger partial charge in [0.1, 0.15) is 0 Å². The predicted octanol–water partition coefficient (Wildman–Crippen LogP) is 3.97. The standard InChI is InChI=1S/C20H33N3OS.HI/c1-17-8-4-5-9-18(17)20(10-13-24-14-11-20)16-23-19(21-2)22-12-6-7-15-25-3;/h4-5,8-9H,6-7,10-16H2,1-3H3,(H2,21,22,23);1H. The number of hydrogen-bond acceptors (Lipinski definition) is 3. The minimum Gasteiger partial charge on any atom is -0.381 e. The van der Waals surface area contributed by atoms with Crippen molar-refractivity contribution < 1.29 is 4.74 Å². The smallest absolute Gasteiger partial charge is 0.191 e. The molecule has 1 fully saturated rings. The normalized spacial score (nSPS) is 16.7. The largest absolute Gasteiger partial charge is 0.381 e. The number of unbranched alkanes of at least 4 members (excludes halogenated alkanes) is 1. The van der Waals surface area contributed by atoms with E-state index in [-0.39, 0.29) is 29.4 Å². The molecule has 0 unspecified atom stereocenters. The third-order valence-corrected chi connectivity index (χ3v) is 5.75. The number of hydrogen-bond donors (Lipinski definition) is 2. The second-order valence-electron chi connectivity index (χ2n) is 6.76. The Balaban J connectivity index is 0.00000338. The Bertz CT molecular complexity index is 548. The van der Waals surface area contributed by atoms with E-state index in [2.05, 4.69) is 53.1 Å². The molecule has 0 atom stereocenters. The molecule has 0 bridgehead atoms. The summed E-state index contributed by atoms with van der Waals surface area (Å²) < 4.78 is 5.65. The summed E-state index contributed by atoms with van der Waals surface area (Å²) in [6.07, 6.45) is 6.69. The highest BCUT2D eigenvalue weighted by molar-refractivity contribution is 14.0. The highest BCUT2D eigenvalue weighted by Crippen LogP contribution is 2.36. The van der Waals surface area contributed by atoms with Crippen LogP contribution in [0.3, 0.4) is 0 Å². The van der Waals surface area contributed by atoms with Crippen LogP contribution in [0.25, 0.3) is 0 Å². The van der Waals surface area contributed by atoms with Crippen LogP contribution in [0, 0.1) is 6.92 Å². The zero-order chi connectivity index (χ0) is 18.0. The first-order valence-corrected chi connectivity index (χ1v) is 10.7. The number of rotatable bonds is 8. The van der Waals surface area contributed by atoms with E-state index in [0.29, 0.717) is 0 Å². The molecule has 1 saturated heterocycles. The number of benzene rings is 1. The minimum absolute atomic E-state index is 0. The number of thioether (sulfide) groups is 1. The van der Waals surface area contributed by atoms with E-state index in [1.54, 1.807) is 0 Å². The number of guanidine groups is 1. The molecule has 6 heteroatoms. The molecule has 1 aromatic carbocycles. The van der Waals surface area contributed by atoms with Crippen molar-refractivity contribution in [3.63, 3.8) is 0 Å². The topological polar surface area (TPSA) is 45.7 Å². The minimum atomic E-state index is 0. The summed E-state index contributed by atoms with van der Waals surface area (Å²) in [6, 6.07) is 8.76. The van der Waals surface area contributed by atoms with Gasteiger partial charge in [0.15, 0.2) is 5.96 Å². The lowest BCUT2D eigenvalue weighted by atomic mass is 9.72. The maximum Gasteiger partial charge on any atom is 0.191 e. The van der Waals surface area contributed by atoms with E-state index >= 15 is 0 Å². The van der Waals surface area contributed by atoms with Crippen LogP contribution >= 0.6 is 35.7 Å². The van der Waals surface area contributed by atoms with Gasteiger partial charge in [-0.3, -0.25) is 4.99 Å². The first-order valence-electron chi connectivity index (χ1n) is 9.29. The Labute approximate surface area is 180 Å². The van der Waals surface area contributed by atoms with Gasteiger partial charge in [-0.1, -0.05) is 24.3 Å². The molecule has 0 aliphatic carbocycles. The SMILES string of the molecule is CN=C(NCCCCSC)NCC1(c2ccccc2C)CCOCC1.I. The molecule has 4 nitrogen and oxygen atoms in total. The summed E-state index contributed by atoms with van der Waals surface area (Å²) in [5.41, 5.74) is 2.94. The molecule has 0 amide bonds. The maximum atomic E-state index is 5.65. The average Bonchev–Trinajstić information content (AvgIpc) is 2.65. The Morgan fingerprint density at radius 3 is 2.58 bits per heavy atom. The van der Waals surface area contributed by atoms with Gasteiger partial charge in [-0.15, -0.1) is 24.0 Å². The van der Waals surface area contributed by atoms with Crippen LogP contribution in [0.2, 0.25) is 0 Å². The van der Waals surface area contributed by atoms with Gasteiger partial charge >= 0.3 is 0 Å². The lowest BCUT2D eigenvalue weighted by molar-refractivity contribution is 0.0512. The molecule has 1 heterocycles. The first kappa shape index (κ1) is 23.6. The number of aliphatic imine (C=N–C) groups is 1. The molecule has 0 radical (unpaired) electrons. The van der Waals surface area contributed by atoms with Gasteiger partial charge in [0.2, 0.25) is 0 Å². The number of nitrogens with one attached hydrogen (secondary N) is 2. The fourth-order valence-electron chi connectivity index (χ4n) is 3.52. The van der Waals surface area contributed by atoms with Gasteiger partial charge in [-0.2, -0.15) is 11.8 Å². The van der Waals surface area contributed by atoms with Crippen LogP contribution in [0.15, 0.2) is 29.3 Å². The molecule has 0 spiro atoms. The van der Waals surface area contributed by atoms with E-state index in [1.807, 2.05) is 18.8 Å². The third kappa shape index (κ3) is 6.93. The summed E-state index contributed by atoms with van der Waals surface area (Å²) in [6.45, 7) is 5.74. The summed E-state index contributed by atoms with van der Waals surface area (Å²) >= 11 is 1.91. The van der Waals surface area contributed by atoms with E-state index < -0.39 is 0 Å². The van der Waals surface area contributed by atoms with E-state index in [4.69, 9.17) is 4.74 Å². The fourth-order valence-corrected chi connectivity index (χ4v) is 4.02. The highest BCUT2D eigenvalue weighted by Gasteiger charge is 2.35. The Kier molecular flexibility index (Phi) is 11.6. The molecule has 148 valence electrons. The molecule has 0 aromatic heterocycles. The zero-order valence-electron chi connectivity index (χ0n) is 16.3. The Morgan fingerprint density at radius 1 is 1.19 bits per heavy atom. The van der Waals surface area contributed by atoms with Gasteiger partial charge in [-0.05, 0) is 55.7 Å². The zero-order valence-corrected chi connectivity index (χ0v) is 19.5. The number of nitrogens with zero attached hydrogens (tertiary/aromatic N) is 1. The molecule has 26 heavy (non-hydrogen) atoms. The fraction of sp³-hybridized carbons (Fsp3) is 0.650. The molecular formula is C20H34IN3OS. The van der Waals surface area contributed by atoms with Crippen molar-refractivity contribution in [1.82, 2.24) is 10.6 Å². The molecule has 2 rings (SSSR count). The van der Waals surface area contributed by atoms with Crippen LogP contribution in [-0.2, 0) is 10.2 Å². The molecule has 2 N–H and O–H groups in total. The number of ether oxygens (including phenoxy) is 1. The lowest BCUT2D eigenvalue weighted by Crippen LogP contribution is -2.48. The molecule has 0 saturated carbocycles. The van der Waals surface area contributed by atoms with Gasteiger partial charge in [0.25, 0.3) is 0 Å². The second kappa shape index (κ2) is 12.8. The highest BCUT2D eigenvalue weighted by atomic mass is 127. The average molecular weight is 491 g/mol. The maximum absolute atomic E-state index is 5.65. The molecule has 1 aliphatic rings. The number of aryl methyl sites for hydroxylation is 1. The molecule has 1 aromatic rings. The van der Waals surface area contributed by atoms with Crippen molar-refractivity contribution in [3.8, 4) is 0 Å². The van der Waals surface area contributed by atoms with Crippen molar-refractivity contribution in [3.05, 3.63) is 35.4 Å².